The largest absolute Gasteiger partial charge is 0.497 e. The van der Waals surface area contributed by atoms with Crippen LogP contribution in [0.5, 0.6) is 11.5 Å². The Morgan fingerprint density at radius 1 is 1.24 bits per heavy atom. The molecule has 1 N–H and O–H groups in total. The Labute approximate surface area is 173 Å². The number of aliphatic hydroxyl groups is 1. The first-order valence-corrected chi connectivity index (χ1v) is 10.2. The molecular weight excluding hydrogens is 368 g/mol. The third kappa shape index (κ3) is 6.39. The molecule has 0 spiro atoms. The maximum absolute atomic E-state index is 10.1. The number of hydrogen-bond donors (Lipinski definition) is 1. The van der Waals surface area contributed by atoms with E-state index in [2.05, 4.69) is 14.9 Å². The van der Waals surface area contributed by atoms with Gasteiger partial charge >= 0.3 is 0 Å². The maximum Gasteiger partial charge on any atom is 0.124 e. The van der Waals surface area contributed by atoms with Gasteiger partial charge in [0.05, 0.1) is 7.11 Å². The molecule has 158 valence electrons. The second-order valence-electron chi connectivity index (χ2n) is 7.89. The molecular formula is C22H32N4O3. The Kier molecular flexibility index (Phi) is 7.80. The molecule has 1 aliphatic heterocycles. The van der Waals surface area contributed by atoms with Gasteiger partial charge < -0.3 is 19.5 Å². The number of methoxy groups -OCH3 is 1. The molecule has 2 heterocycles. The zero-order valence-electron chi connectivity index (χ0n) is 17.6. The van der Waals surface area contributed by atoms with Crippen LogP contribution in [0.3, 0.4) is 0 Å². The maximum atomic E-state index is 10.1. The lowest BCUT2D eigenvalue weighted by Crippen LogP contribution is -2.33. The summed E-state index contributed by atoms with van der Waals surface area (Å²) < 4.78 is 11.4. The molecule has 0 radical (unpaired) electrons. The Morgan fingerprint density at radius 2 is 2.03 bits per heavy atom. The van der Waals surface area contributed by atoms with E-state index in [0.717, 1.165) is 55.2 Å². The van der Waals surface area contributed by atoms with Crippen molar-refractivity contribution in [1.82, 2.24) is 19.8 Å². The van der Waals surface area contributed by atoms with E-state index < -0.39 is 6.10 Å². The van der Waals surface area contributed by atoms with E-state index in [-0.39, 0.29) is 6.61 Å². The molecule has 1 atom stereocenters. The fraction of sp³-hybridized carbons (Fsp3) is 0.545. The highest BCUT2D eigenvalue weighted by molar-refractivity contribution is 5.40. The zero-order chi connectivity index (χ0) is 20.6. The fourth-order valence-corrected chi connectivity index (χ4v) is 3.78. The molecule has 0 bridgehead atoms. The monoisotopic (exact) mass is 400 g/mol. The average molecular weight is 401 g/mol. The van der Waals surface area contributed by atoms with E-state index in [1.807, 2.05) is 49.5 Å². The molecule has 1 aromatic carbocycles. The van der Waals surface area contributed by atoms with Crippen molar-refractivity contribution in [2.45, 2.75) is 31.4 Å². The lowest BCUT2D eigenvalue weighted by Gasteiger charge is -2.32. The molecule has 0 aliphatic carbocycles. The van der Waals surface area contributed by atoms with Crippen LogP contribution in [0.1, 0.15) is 30.0 Å². The van der Waals surface area contributed by atoms with Crippen molar-refractivity contribution >= 4 is 0 Å². The first-order valence-electron chi connectivity index (χ1n) is 10.2. The number of benzene rings is 1. The summed E-state index contributed by atoms with van der Waals surface area (Å²) in [6, 6.07) is 7.89. The van der Waals surface area contributed by atoms with Gasteiger partial charge in [-0.05, 0) is 64.3 Å². The lowest BCUT2D eigenvalue weighted by atomic mass is 9.93. The number of nitrogens with zero attached hydrogens (tertiary/aromatic N) is 4. The molecule has 7 nitrogen and oxygen atoms in total. The van der Waals surface area contributed by atoms with Crippen molar-refractivity contribution in [2.24, 2.45) is 0 Å². The molecule has 0 unspecified atom stereocenters. The summed E-state index contributed by atoms with van der Waals surface area (Å²) in [5.41, 5.74) is 2.22. The van der Waals surface area contributed by atoms with Gasteiger partial charge in [-0.15, -0.1) is 0 Å². The second-order valence-corrected chi connectivity index (χ2v) is 7.89. The van der Waals surface area contributed by atoms with E-state index in [0.29, 0.717) is 12.5 Å². The van der Waals surface area contributed by atoms with E-state index >= 15 is 0 Å². The van der Waals surface area contributed by atoms with Crippen molar-refractivity contribution in [1.29, 1.82) is 0 Å². The molecule has 1 aromatic heterocycles. The Morgan fingerprint density at radius 3 is 2.69 bits per heavy atom. The smallest absolute Gasteiger partial charge is 0.124 e. The predicted molar refractivity (Wildman–Crippen MR) is 112 cm³/mol. The highest BCUT2D eigenvalue weighted by Gasteiger charge is 2.22. The van der Waals surface area contributed by atoms with Crippen LogP contribution in [0.25, 0.3) is 0 Å². The molecule has 0 saturated carbocycles. The van der Waals surface area contributed by atoms with Crippen LogP contribution < -0.4 is 9.47 Å². The highest BCUT2D eigenvalue weighted by atomic mass is 16.5. The zero-order valence-corrected chi connectivity index (χ0v) is 17.6. The minimum Gasteiger partial charge on any atom is -0.497 e. The van der Waals surface area contributed by atoms with E-state index in [1.54, 1.807) is 13.4 Å². The van der Waals surface area contributed by atoms with Crippen LogP contribution >= 0.6 is 0 Å². The van der Waals surface area contributed by atoms with Gasteiger partial charge in [0.15, 0.2) is 0 Å². The van der Waals surface area contributed by atoms with Crippen molar-refractivity contribution in [3.05, 3.63) is 48.0 Å². The van der Waals surface area contributed by atoms with Crippen LogP contribution in [-0.4, -0.2) is 78.4 Å². The predicted octanol–water partition coefficient (Wildman–Crippen LogP) is 2.17. The number of aliphatic hydroxyl groups excluding tert-OH is 1. The Balaban J connectivity index is 1.60. The number of likely N-dealkylation sites (N-methyl/N-ethyl adjacent to an activating group) is 1. The summed E-state index contributed by atoms with van der Waals surface area (Å²) in [5.74, 6) is 2.12. The number of hydrogen-bond acceptors (Lipinski definition) is 7. The van der Waals surface area contributed by atoms with E-state index in [4.69, 9.17) is 9.47 Å². The standard InChI is InChI=1S/C22H32N4O3/c1-25(2)14-19(27)15-29-22-5-4-20(28-3)12-18(22)13-26-10-7-17(8-11-26)21-6-9-23-16-24-21/h4-6,9,12,16-17,19,27H,7-8,10-11,13-15H2,1-3H3/t19-/m1/s1. The van der Waals surface area contributed by atoms with Gasteiger partial charge in [0.25, 0.3) is 0 Å². The Bertz CT molecular complexity index is 749. The molecule has 3 rings (SSSR count). The van der Waals surface area contributed by atoms with Gasteiger partial charge in [-0.3, -0.25) is 4.90 Å². The van der Waals surface area contributed by atoms with Crippen LogP contribution in [0.2, 0.25) is 0 Å². The summed E-state index contributed by atoms with van der Waals surface area (Å²) in [4.78, 5) is 12.8. The minimum atomic E-state index is -0.524. The number of ether oxygens (including phenoxy) is 2. The number of likely N-dealkylation sites (tertiary alicyclic amines) is 1. The van der Waals surface area contributed by atoms with Crippen LogP contribution in [0.4, 0.5) is 0 Å². The molecule has 2 aromatic rings. The first kappa shape index (κ1) is 21.5. The quantitative estimate of drug-likeness (QED) is 0.692. The van der Waals surface area contributed by atoms with Gasteiger partial charge in [-0.2, -0.15) is 0 Å². The number of piperidine rings is 1. The average Bonchev–Trinajstić information content (AvgIpc) is 2.73. The summed E-state index contributed by atoms with van der Waals surface area (Å²) >= 11 is 0. The van der Waals surface area contributed by atoms with E-state index in [9.17, 15) is 5.11 Å². The molecule has 1 saturated heterocycles. The minimum absolute atomic E-state index is 0.271. The van der Waals surface area contributed by atoms with Crippen LogP contribution in [0.15, 0.2) is 36.8 Å². The Hall–Kier alpha value is -2.22. The third-order valence-corrected chi connectivity index (χ3v) is 5.28. The SMILES string of the molecule is COc1ccc(OC[C@H](O)CN(C)C)c(CN2CCC(c3ccncn3)CC2)c1. The second kappa shape index (κ2) is 10.5. The van der Waals surface area contributed by atoms with Gasteiger partial charge in [0, 0.05) is 36.5 Å². The molecule has 29 heavy (non-hydrogen) atoms. The molecule has 0 amide bonds. The van der Waals surface area contributed by atoms with Gasteiger partial charge in [0.1, 0.15) is 30.5 Å². The normalized spacial score (nSPS) is 16.7. The summed E-state index contributed by atoms with van der Waals surface area (Å²) in [5, 5.41) is 10.1. The van der Waals surface area contributed by atoms with Crippen molar-refractivity contribution in [3.8, 4) is 11.5 Å². The van der Waals surface area contributed by atoms with Crippen molar-refractivity contribution in [3.63, 3.8) is 0 Å². The van der Waals surface area contributed by atoms with Gasteiger partial charge in [-0.1, -0.05) is 0 Å². The molecule has 1 aliphatic rings. The van der Waals surface area contributed by atoms with Crippen LogP contribution in [0, 0.1) is 0 Å². The number of aromatic nitrogens is 2. The summed E-state index contributed by atoms with van der Waals surface area (Å²) in [6.07, 6.45) is 5.09. The first-order chi connectivity index (χ1) is 14.0. The number of rotatable bonds is 9. The lowest BCUT2D eigenvalue weighted by molar-refractivity contribution is 0.0820. The highest BCUT2D eigenvalue weighted by Crippen LogP contribution is 2.30. The summed E-state index contributed by atoms with van der Waals surface area (Å²) in [6.45, 7) is 3.66. The van der Waals surface area contributed by atoms with Crippen LogP contribution in [-0.2, 0) is 6.54 Å². The molecule has 7 heteroatoms. The van der Waals surface area contributed by atoms with Gasteiger partial charge in [0.2, 0.25) is 0 Å². The topological polar surface area (TPSA) is 71.0 Å². The van der Waals surface area contributed by atoms with E-state index in [1.165, 1.54) is 0 Å². The van der Waals surface area contributed by atoms with Gasteiger partial charge in [-0.25, -0.2) is 9.97 Å². The summed E-state index contributed by atoms with van der Waals surface area (Å²) in [7, 11) is 5.55. The third-order valence-electron chi connectivity index (χ3n) is 5.28. The fourth-order valence-electron chi connectivity index (χ4n) is 3.78. The molecule has 1 fully saturated rings. The van der Waals surface area contributed by atoms with Crippen molar-refractivity contribution in [2.75, 3.05) is 47.4 Å². The van der Waals surface area contributed by atoms with Crippen molar-refractivity contribution < 1.29 is 14.6 Å².